The van der Waals surface area contributed by atoms with E-state index in [1.165, 1.54) is 0 Å². The second kappa shape index (κ2) is 9.98. The van der Waals surface area contributed by atoms with E-state index >= 15 is 0 Å². The molecule has 0 unspecified atom stereocenters. The van der Waals surface area contributed by atoms with Crippen LogP contribution in [-0.4, -0.2) is 45.9 Å². The maximum absolute atomic E-state index is 9.92. The average molecular weight is 440 g/mol. The zero-order valence-electron chi connectivity index (χ0n) is 17.8. The summed E-state index contributed by atoms with van der Waals surface area (Å²) in [4.78, 5) is 13.1. The number of rotatable bonds is 9. The van der Waals surface area contributed by atoms with Gasteiger partial charge in [0.2, 0.25) is 0 Å². The van der Waals surface area contributed by atoms with E-state index < -0.39 is 5.60 Å². The van der Waals surface area contributed by atoms with Gasteiger partial charge < -0.3 is 20.5 Å². The molecule has 3 aromatic rings. The molecule has 0 spiro atoms. The second-order valence-corrected chi connectivity index (χ2v) is 7.82. The molecule has 0 aliphatic heterocycles. The molecule has 1 saturated carbocycles. The van der Waals surface area contributed by atoms with Gasteiger partial charge in [-0.3, -0.25) is 0 Å². The van der Waals surface area contributed by atoms with Crippen molar-refractivity contribution in [3.63, 3.8) is 0 Å². The highest BCUT2D eigenvalue weighted by Crippen LogP contribution is 2.34. The van der Waals surface area contributed by atoms with Crippen LogP contribution in [0, 0.1) is 0 Å². The number of aromatic nitrogens is 3. The highest BCUT2D eigenvalue weighted by Gasteiger charge is 2.39. The van der Waals surface area contributed by atoms with Gasteiger partial charge in [-0.2, -0.15) is 13.5 Å². The van der Waals surface area contributed by atoms with Crippen molar-refractivity contribution in [1.29, 1.82) is 0 Å². The van der Waals surface area contributed by atoms with Crippen molar-refractivity contribution in [2.75, 3.05) is 30.8 Å². The predicted octanol–water partition coefficient (Wildman–Crippen LogP) is 3.81. The molecule has 1 aromatic carbocycles. The first-order chi connectivity index (χ1) is 14.6. The Bertz CT molecular complexity index is 995. The Labute approximate surface area is 189 Å². The van der Waals surface area contributed by atoms with Crippen molar-refractivity contribution in [2.45, 2.75) is 31.3 Å². The first kappa shape index (κ1) is 22.8. The SMILES string of the molecule is COc1ccccc1[C@H](C)CNc1cc(-c2ccc(NCC3(O)CC3)nc2)ncn1.S. The van der Waals surface area contributed by atoms with Gasteiger partial charge in [0.05, 0.1) is 18.4 Å². The summed E-state index contributed by atoms with van der Waals surface area (Å²) in [5, 5.41) is 16.5. The highest BCUT2D eigenvalue weighted by atomic mass is 32.1. The molecule has 3 N–H and O–H groups in total. The Balaban J connectivity index is 0.00000272. The number of para-hydroxylation sites is 1. The van der Waals surface area contributed by atoms with Gasteiger partial charge in [0.25, 0.3) is 0 Å². The summed E-state index contributed by atoms with van der Waals surface area (Å²) in [6.45, 7) is 3.41. The van der Waals surface area contributed by atoms with E-state index in [2.05, 4.69) is 38.6 Å². The molecule has 2 aromatic heterocycles. The molecule has 0 bridgehead atoms. The molecule has 0 radical (unpaired) electrons. The number of pyridine rings is 1. The molecule has 8 heteroatoms. The van der Waals surface area contributed by atoms with Crippen LogP contribution in [0.25, 0.3) is 11.3 Å². The normalized spacial score (nSPS) is 14.8. The maximum atomic E-state index is 9.92. The molecular weight excluding hydrogens is 410 g/mol. The quantitative estimate of drug-likeness (QED) is 0.467. The minimum Gasteiger partial charge on any atom is -0.496 e. The Morgan fingerprint density at radius 1 is 1.06 bits per heavy atom. The van der Waals surface area contributed by atoms with Crippen LogP contribution in [0.2, 0.25) is 0 Å². The van der Waals surface area contributed by atoms with Crippen molar-refractivity contribution in [3.8, 4) is 17.0 Å². The van der Waals surface area contributed by atoms with Crippen molar-refractivity contribution >= 4 is 25.1 Å². The third-order valence-electron chi connectivity index (χ3n) is 5.41. The summed E-state index contributed by atoms with van der Waals surface area (Å²) in [5.41, 5.74) is 2.32. The van der Waals surface area contributed by atoms with Gasteiger partial charge in [0, 0.05) is 36.8 Å². The lowest BCUT2D eigenvalue weighted by Gasteiger charge is -2.16. The highest BCUT2D eigenvalue weighted by molar-refractivity contribution is 7.59. The van der Waals surface area contributed by atoms with Crippen LogP contribution in [0.5, 0.6) is 5.75 Å². The summed E-state index contributed by atoms with van der Waals surface area (Å²) in [5.74, 6) is 2.66. The molecule has 1 atom stereocenters. The minimum absolute atomic E-state index is 0. The smallest absolute Gasteiger partial charge is 0.129 e. The van der Waals surface area contributed by atoms with E-state index in [1.807, 2.05) is 36.4 Å². The standard InChI is InChI=1S/C23H27N5O2.H2S/c1-16(18-5-3-4-6-20(18)30-2)12-24-22-11-19(27-15-28-22)17-7-8-21(25-13-17)26-14-23(29)9-10-23;/h3-8,11,13,15-16,29H,9-10,12,14H2,1-2H3,(H,25,26)(H,24,27,28);1H2/t16-;/m1./s1. The van der Waals surface area contributed by atoms with E-state index in [9.17, 15) is 5.11 Å². The molecule has 164 valence electrons. The van der Waals surface area contributed by atoms with E-state index in [0.29, 0.717) is 6.54 Å². The summed E-state index contributed by atoms with van der Waals surface area (Å²) in [6, 6.07) is 13.8. The average Bonchev–Trinajstić information content (AvgIpc) is 3.54. The van der Waals surface area contributed by atoms with Gasteiger partial charge in [-0.05, 0) is 36.6 Å². The fraction of sp³-hybridized carbons (Fsp3) is 0.348. The molecule has 7 nitrogen and oxygen atoms in total. The molecule has 31 heavy (non-hydrogen) atoms. The van der Waals surface area contributed by atoms with Crippen LogP contribution >= 0.6 is 13.5 Å². The summed E-state index contributed by atoms with van der Waals surface area (Å²) in [7, 11) is 1.69. The molecule has 1 aliphatic carbocycles. The fourth-order valence-electron chi connectivity index (χ4n) is 3.28. The minimum atomic E-state index is -0.547. The number of ether oxygens (including phenoxy) is 1. The summed E-state index contributed by atoms with van der Waals surface area (Å²) >= 11 is 0. The Morgan fingerprint density at radius 3 is 2.58 bits per heavy atom. The van der Waals surface area contributed by atoms with Crippen LogP contribution in [0.3, 0.4) is 0 Å². The zero-order valence-corrected chi connectivity index (χ0v) is 18.8. The molecule has 1 fully saturated rings. The molecule has 2 heterocycles. The molecule has 0 saturated heterocycles. The molecule has 1 aliphatic rings. The largest absolute Gasteiger partial charge is 0.496 e. The van der Waals surface area contributed by atoms with E-state index in [0.717, 1.165) is 53.6 Å². The molecular formula is C23H29N5O2S. The zero-order chi connectivity index (χ0) is 21.0. The first-order valence-corrected chi connectivity index (χ1v) is 10.2. The van der Waals surface area contributed by atoms with Gasteiger partial charge in [-0.1, -0.05) is 25.1 Å². The summed E-state index contributed by atoms with van der Waals surface area (Å²) < 4.78 is 5.47. The van der Waals surface area contributed by atoms with Crippen molar-refractivity contribution in [3.05, 3.63) is 60.6 Å². The van der Waals surface area contributed by atoms with Crippen LogP contribution in [-0.2, 0) is 0 Å². The number of anilines is 2. The van der Waals surface area contributed by atoms with Crippen molar-refractivity contribution in [1.82, 2.24) is 15.0 Å². The lowest BCUT2D eigenvalue weighted by Crippen LogP contribution is -2.20. The Kier molecular flexibility index (Phi) is 7.35. The van der Waals surface area contributed by atoms with Gasteiger partial charge in [-0.25, -0.2) is 15.0 Å². The monoisotopic (exact) mass is 439 g/mol. The topological polar surface area (TPSA) is 92.2 Å². The predicted molar refractivity (Wildman–Crippen MR) is 128 cm³/mol. The lowest BCUT2D eigenvalue weighted by molar-refractivity contribution is 0.164. The number of nitrogens with one attached hydrogen (secondary N) is 2. The number of nitrogens with zero attached hydrogens (tertiary/aromatic N) is 3. The number of aliphatic hydroxyl groups is 1. The summed E-state index contributed by atoms with van der Waals surface area (Å²) in [6.07, 6.45) is 5.04. The number of hydrogen-bond donors (Lipinski definition) is 3. The third kappa shape index (κ3) is 5.86. The van der Waals surface area contributed by atoms with Crippen LogP contribution < -0.4 is 15.4 Å². The van der Waals surface area contributed by atoms with Crippen molar-refractivity contribution in [2.24, 2.45) is 0 Å². The van der Waals surface area contributed by atoms with Gasteiger partial charge in [0.1, 0.15) is 23.7 Å². The number of benzene rings is 1. The Hall–Kier alpha value is -2.84. The maximum Gasteiger partial charge on any atom is 0.129 e. The van der Waals surface area contributed by atoms with E-state index in [1.54, 1.807) is 19.6 Å². The van der Waals surface area contributed by atoms with Gasteiger partial charge in [0.15, 0.2) is 0 Å². The van der Waals surface area contributed by atoms with E-state index in [4.69, 9.17) is 4.74 Å². The third-order valence-corrected chi connectivity index (χ3v) is 5.41. The van der Waals surface area contributed by atoms with Crippen molar-refractivity contribution < 1.29 is 9.84 Å². The number of hydrogen-bond acceptors (Lipinski definition) is 7. The van der Waals surface area contributed by atoms with Crippen LogP contribution in [0.4, 0.5) is 11.6 Å². The molecule has 0 amide bonds. The second-order valence-electron chi connectivity index (χ2n) is 7.82. The Morgan fingerprint density at radius 2 is 1.87 bits per heavy atom. The van der Waals surface area contributed by atoms with Gasteiger partial charge >= 0.3 is 0 Å². The van der Waals surface area contributed by atoms with Crippen LogP contribution in [0.15, 0.2) is 55.0 Å². The van der Waals surface area contributed by atoms with Gasteiger partial charge in [-0.15, -0.1) is 0 Å². The van der Waals surface area contributed by atoms with E-state index in [-0.39, 0.29) is 19.4 Å². The van der Waals surface area contributed by atoms with Crippen LogP contribution in [0.1, 0.15) is 31.2 Å². The molecule has 4 rings (SSSR count). The lowest BCUT2D eigenvalue weighted by atomic mass is 10.00. The fourth-order valence-corrected chi connectivity index (χ4v) is 3.28. The number of methoxy groups -OCH3 is 1. The first-order valence-electron chi connectivity index (χ1n) is 10.2.